The molecule has 0 aliphatic heterocycles. The second kappa shape index (κ2) is 10.7. The Morgan fingerprint density at radius 2 is 1.68 bits per heavy atom. The van der Waals surface area contributed by atoms with Gasteiger partial charge in [-0.3, -0.25) is 0 Å². The largest absolute Gasteiger partial charge is 0.573 e. The molecule has 1 atom stereocenters. The smallest absolute Gasteiger partial charge is 0.406 e. The lowest BCUT2D eigenvalue weighted by Crippen LogP contribution is -2.23. The summed E-state index contributed by atoms with van der Waals surface area (Å²) in [6.07, 6.45) is 9.45. The topological polar surface area (TPSA) is 9.23 Å². The van der Waals surface area contributed by atoms with Gasteiger partial charge in [0, 0.05) is 1.43 Å². The molecule has 2 aliphatic rings. The highest BCUT2D eigenvalue weighted by Gasteiger charge is 2.31. The van der Waals surface area contributed by atoms with Gasteiger partial charge in [-0.05, 0) is 92.4 Å². The normalized spacial score (nSPS) is 25.2. The highest BCUT2D eigenvalue weighted by atomic mass is 19.4. The second-order valence-corrected chi connectivity index (χ2v) is 7.64. The SMILES string of the molecule is C=CCC1CCC(C2CC=C(c3ccc(OC(F)(F)F)cc3)CC2)CC1.CC.[HH]. The van der Waals surface area contributed by atoms with Crippen LogP contribution in [-0.2, 0) is 0 Å². The summed E-state index contributed by atoms with van der Waals surface area (Å²) in [6.45, 7) is 7.85. The van der Waals surface area contributed by atoms with Gasteiger partial charge < -0.3 is 4.74 Å². The fraction of sp³-hybridized carbons (Fsp3) is 0.583. The van der Waals surface area contributed by atoms with E-state index in [0.29, 0.717) is 0 Å². The van der Waals surface area contributed by atoms with Crippen LogP contribution in [0.4, 0.5) is 13.2 Å². The molecule has 0 aromatic heterocycles. The maximum atomic E-state index is 12.2. The first kappa shape index (κ1) is 22.6. The third kappa shape index (κ3) is 6.72. The monoisotopic (exact) mass is 396 g/mol. The van der Waals surface area contributed by atoms with Gasteiger partial charge in [0.25, 0.3) is 0 Å². The Balaban J connectivity index is 0.00000136. The van der Waals surface area contributed by atoms with Crippen molar-refractivity contribution in [3.05, 3.63) is 48.6 Å². The van der Waals surface area contributed by atoms with Crippen LogP contribution in [0.2, 0.25) is 0 Å². The van der Waals surface area contributed by atoms with E-state index in [4.69, 9.17) is 0 Å². The molecule has 0 N–H and O–H groups in total. The molecule has 1 nitrogen and oxygen atoms in total. The van der Waals surface area contributed by atoms with E-state index in [1.54, 1.807) is 12.1 Å². The van der Waals surface area contributed by atoms with Crippen LogP contribution < -0.4 is 4.74 Å². The summed E-state index contributed by atoms with van der Waals surface area (Å²) in [6, 6.07) is 6.26. The van der Waals surface area contributed by atoms with Gasteiger partial charge in [-0.1, -0.05) is 38.1 Å². The van der Waals surface area contributed by atoms with E-state index in [2.05, 4.69) is 17.4 Å². The molecule has 2 aliphatic carbocycles. The Morgan fingerprint density at radius 1 is 1.04 bits per heavy atom. The first-order chi connectivity index (χ1) is 13.4. The zero-order chi connectivity index (χ0) is 20.6. The summed E-state index contributed by atoms with van der Waals surface area (Å²) >= 11 is 0. The van der Waals surface area contributed by atoms with Gasteiger partial charge in [0.05, 0.1) is 0 Å². The van der Waals surface area contributed by atoms with Gasteiger partial charge in [-0.2, -0.15) is 0 Å². The summed E-state index contributed by atoms with van der Waals surface area (Å²) < 4.78 is 40.7. The van der Waals surface area contributed by atoms with Gasteiger partial charge in [-0.15, -0.1) is 19.8 Å². The van der Waals surface area contributed by atoms with Crippen molar-refractivity contribution in [2.75, 3.05) is 0 Å². The molecule has 1 aromatic rings. The quantitative estimate of drug-likeness (QED) is 0.454. The number of hydrogen-bond donors (Lipinski definition) is 0. The molecule has 0 radical (unpaired) electrons. The van der Waals surface area contributed by atoms with Crippen LogP contribution in [0.3, 0.4) is 0 Å². The maximum Gasteiger partial charge on any atom is 0.573 e. The fourth-order valence-corrected chi connectivity index (χ4v) is 4.55. The lowest BCUT2D eigenvalue weighted by Gasteiger charge is -2.35. The predicted octanol–water partition coefficient (Wildman–Crippen LogP) is 8.42. The summed E-state index contributed by atoms with van der Waals surface area (Å²) in [5.74, 6) is 2.26. The van der Waals surface area contributed by atoms with E-state index < -0.39 is 6.36 Å². The zero-order valence-electron chi connectivity index (χ0n) is 17.1. The van der Waals surface area contributed by atoms with Crippen molar-refractivity contribution < 1.29 is 19.3 Å². The standard InChI is InChI=1S/C22H27F3O.C2H6.H2/c1-2-3-16-4-6-17(7-5-16)18-8-10-19(11-9-18)20-12-14-21(15-13-20)26-22(23,24)25;1-2;/h2,10,12-18H,1,3-9,11H2;1-2H3;1H. The van der Waals surface area contributed by atoms with Gasteiger partial charge in [0.2, 0.25) is 0 Å². The molecule has 1 unspecified atom stereocenters. The van der Waals surface area contributed by atoms with E-state index in [1.165, 1.54) is 49.8 Å². The van der Waals surface area contributed by atoms with Crippen LogP contribution in [-0.4, -0.2) is 6.36 Å². The highest BCUT2D eigenvalue weighted by Crippen LogP contribution is 2.42. The summed E-state index contributed by atoms with van der Waals surface area (Å²) in [5, 5.41) is 0. The molecular formula is C24H35F3O. The van der Waals surface area contributed by atoms with Gasteiger partial charge in [0.15, 0.2) is 0 Å². The third-order valence-corrected chi connectivity index (χ3v) is 5.97. The minimum absolute atomic E-state index is 0. The first-order valence-corrected chi connectivity index (χ1v) is 10.6. The number of allylic oxidation sites excluding steroid dienone is 3. The third-order valence-electron chi connectivity index (χ3n) is 5.97. The summed E-state index contributed by atoms with van der Waals surface area (Å²) in [7, 11) is 0. The van der Waals surface area contributed by atoms with Gasteiger partial charge in [0.1, 0.15) is 5.75 Å². The number of alkyl halides is 3. The predicted molar refractivity (Wildman–Crippen MR) is 112 cm³/mol. The number of hydrogen-bond acceptors (Lipinski definition) is 1. The Morgan fingerprint density at radius 3 is 2.18 bits per heavy atom. The van der Waals surface area contributed by atoms with Crippen LogP contribution in [0.25, 0.3) is 5.57 Å². The van der Waals surface area contributed by atoms with Crippen molar-refractivity contribution in [1.29, 1.82) is 0 Å². The number of rotatable bonds is 5. The molecule has 0 saturated heterocycles. The van der Waals surface area contributed by atoms with Crippen molar-refractivity contribution in [2.45, 2.75) is 71.6 Å². The minimum atomic E-state index is -4.64. The highest BCUT2D eigenvalue weighted by molar-refractivity contribution is 5.66. The number of halogens is 3. The molecule has 0 spiro atoms. The molecule has 0 bridgehead atoms. The van der Waals surface area contributed by atoms with Crippen molar-refractivity contribution in [2.24, 2.45) is 17.8 Å². The number of benzene rings is 1. The molecule has 3 rings (SSSR count). The zero-order valence-corrected chi connectivity index (χ0v) is 17.1. The summed E-state index contributed by atoms with van der Waals surface area (Å²) in [4.78, 5) is 0. The van der Waals surface area contributed by atoms with Gasteiger partial charge in [-0.25, -0.2) is 0 Å². The fourth-order valence-electron chi connectivity index (χ4n) is 4.55. The molecule has 1 aromatic carbocycles. The van der Waals surface area contributed by atoms with E-state index in [1.807, 2.05) is 19.9 Å². The molecule has 28 heavy (non-hydrogen) atoms. The van der Waals surface area contributed by atoms with Crippen LogP contribution in [0.1, 0.15) is 72.2 Å². The molecule has 158 valence electrons. The minimum Gasteiger partial charge on any atom is -0.406 e. The van der Waals surface area contributed by atoms with Gasteiger partial charge >= 0.3 is 6.36 Å². The Hall–Kier alpha value is -1.71. The first-order valence-electron chi connectivity index (χ1n) is 10.6. The second-order valence-electron chi connectivity index (χ2n) is 7.64. The molecule has 1 fully saturated rings. The van der Waals surface area contributed by atoms with Crippen LogP contribution in [0.5, 0.6) is 5.75 Å². The molecule has 1 saturated carbocycles. The Labute approximate surface area is 169 Å². The van der Waals surface area contributed by atoms with Crippen LogP contribution >= 0.6 is 0 Å². The molecular weight excluding hydrogens is 361 g/mol. The summed E-state index contributed by atoms with van der Waals surface area (Å²) in [5.41, 5.74) is 2.26. The van der Waals surface area contributed by atoms with Crippen molar-refractivity contribution in [3.63, 3.8) is 0 Å². The number of ether oxygens (including phenoxy) is 1. The lowest BCUT2D eigenvalue weighted by molar-refractivity contribution is -0.274. The van der Waals surface area contributed by atoms with Crippen LogP contribution in [0, 0.1) is 17.8 Å². The van der Waals surface area contributed by atoms with E-state index in [9.17, 15) is 13.2 Å². The van der Waals surface area contributed by atoms with Crippen LogP contribution in [0.15, 0.2) is 43.0 Å². The molecule has 4 heteroatoms. The maximum absolute atomic E-state index is 12.2. The average Bonchev–Trinajstić information content (AvgIpc) is 2.70. The van der Waals surface area contributed by atoms with Crippen molar-refractivity contribution in [3.8, 4) is 5.75 Å². The molecule has 0 heterocycles. The van der Waals surface area contributed by atoms with E-state index >= 15 is 0 Å². The van der Waals surface area contributed by atoms with Crippen molar-refractivity contribution >= 4 is 5.57 Å². The average molecular weight is 397 g/mol. The van der Waals surface area contributed by atoms with Crippen molar-refractivity contribution in [1.82, 2.24) is 0 Å². The Bertz CT molecular complexity index is 629. The Kier molecular flexibility index (Phi) is 8.65. The lowest BCUT2D eigenvalue weighted by atomic mass is 9.70. The van der Waals surface area contributed by atoms with E-state index in [-0.39, 0.29) is 7.18 Å². The molecule has 0 amide bonds. The van der Waals surface area contributed by atoms with E-state index in [0.717, 1.165) is 42.6 Å².